The van der Waals surface area contributed by atoms with E-state index in [0.717, 1.165) is 24.4 Å². The number of aromatic nitrogens is 5. The van der Waals surface area contributed by atoms with E-state index in [2.05, 4.69) is 25.7 Å². The Morgan fingerprint density at radius 3 is 3.00 bits per heavy atom. The largest absolute Gasteiger partial charge is 0.338 e. The molecular formula is C10H16N6. The van der Waals surface area contributed by atoms with Crippen molar-refractivity contribution in [2.45, 2.75) is 18.9 Å². The predicted octanol–water partition coefficient (Wildman–Crippen LogP) is 0.431. The number of hydrogen-bond acceptors (Lipinski definition) is 4. The third kappa shape index (κ3) is 2.27. The molecule has 6 heteroatoms. The molecule has 0 saturated heterocycles. The molecule has 2 aromatic rings. The number of hydrogen-bond donors (Lipinski definition) is 2. The van der Waals surface area contributed by atoms with Crippen molar-refractivity contribution in [3.8, 4) is 0 Å². The Morgan fingerprint density at radius 2 is 2.44 bits per heavy atom. The van der Waals surface area contributed by atoms with Crippen molar-refractivity contribution in [1.82, 2.24) is 30.3 Å². The Bertz CT molecular complexity index is 418. The van der Waals surface area contributed by atoms with E-state index in [0.29, 0.717) is 0 Å². The number of nitrogens with zero attached hydrogens (tertiary/aromatic N) is 4. The van der Waals surface area contributed by atoms with Gasteiger partial charge in [-0.3, -0.25) is 0 Å². The average Bonchev–Trinajstić information content (AvgIpc) is 2.92. The molecule has 2 heterocycles. The van der Waals surface area contributed by atoms with Crippen LogP contribution in [0.5, 0.6) is 0 Å². The van der Waals surface area contributed by atoms with Gasteiger partial charge in [-0.25, -0.2) is 4.98 Å². The molecule has 2 rings (SSSR count). The van der Waals surface area contributed by atoms with E-state index in [9.17, 15) is 0 Å². The first kappa shape index (κ1) is 10.8. The molecule has 0 amide bonds. The van der Waals surface area contributed by atoms with E-state index in [1.807, 2.05) is 31.1 Å². The van der Waals surface area contributed by atoms with Gasteiger partial charge >= 0.3 is 0 Å². The van der Waals surface area contributed by atoms with Gasteiger partial charge in [0.1, 0.15) is 5.82 Å². The Balaban J connectivity index is 1.96. The molecule has 0 radical (unpaired) electrons. The first-order valence-electron chi connectivity index (χ1n) is 5.30. The summed E-state index contributed by atoms with van der Waals surface area (Å²) in [4.78, 5) is 4.29. The maximum absolute atomic E-state index is 4.29. The predicted molar refractivity (Wildman–Crippen MR) is 59.7 cm³/mol. The number of nitrogens with one attached hydrogen (secondary N) is 2. The average molecular weight is 220 g/mol. The molecule has 1 atom stereocenters. The summed E-state index contributed by atoms with van der Waals surface area (Å²) < 4.78 is 2.04. The highest BCUT2D eigenvalue weighted by Crippen LogP contribution is 2.14. The molecule has 86 valence electrons. The van der Waals surface area contributed by atoms with Gasteiger partial charge in [0, 0.05) is 25.9 Å². The highest BCUT2D eigenvalue weighted by Gasteiger charge is 2.12. The van der Waals surface area contributed by atoms with Crippen LogP contribution in [0.2, 0.25) is 0 Å². The van der Waals surface area contributed by atoms with Crippen molar-refractivity contribution < 1.29 is 0 Å². The normalized spacial score (nSPS) is 12.9. The number of imidazole rings is 1. The SMILES string of the molecule is CNC(CCc1nccn1C)c1cn[nH]n1. The van der Waals surface area contributed by atoms with Crippen LogP contribution in [0, 0.1) is 0 Å². The lowest BCUT2D eigenvalue weighted by Gasteiger charge is -2.12. The maximum Gasteiger partial charge on any atom is 0.108 e. The highest BCUT2D eigenvalue weighted by molar-refractivity contribution is 5.01. The zero-order valence-electron chi connectivity index (χ0n) is 9.51. The van der Waals surface area contributed by atoms with Crippen LogP contribution in [0.15, 0.2) is 18.6 Å². The van der Waals surface area contributed by atoms with Crippen LogP contribution in [0.25, 0.3) is 0 Å². The van der Waals surface area contributed by atoms with Crippen molar-refractivity contribution in [2.75, 3.05) is 7.05 Å². The van der Waals surface area contributed by atoms with Crippen molar-refractivity contribution >= 4 is 0 Å². The molecule has 0 saturated carbocycles. The zero-order valence-corrected chi connectivity index (χ0v) is 9.51. The van der Waals surface area contributed by atoms with Crippen LogP contribution >= 0.6 is 0 Å². The van der Waals surface area contributed by atoms with Crippen LogP contribution in [-0.2, 0) is 13.5 Å². The van der Waals surface area contributed by atoms with Gasteiger partial charge in [-0.1, -0.05) is 0 Å². The lowest BCUT2D eigenvalue weighted by atomic mass is 10.1. The van der Waals surface area contributed by atoms with Crippen molar-refractivity contribution in [2.24, 2.45) is 7.05 Å². The molecule has 0 aliphatic heterocycles. The standard InChI is InChI=1S/C10H16N6/c1-11-8(9-7-13-15-14-9)3-4-10-12-5-6-16(10)2/h5-8,11H,3-4H2,1-2H3,(H,13,14,15). The maximum atomic E-state index is 4.29. The lowest BCUT2D eigenvalue weighted by Crippen LogP contribution is -2.18. The van der Waals surface area contributed by atoms with Crippen molar-refractivity contribution in [3.05, 3.63) is 30.1 Å². The monoisotopic (exact) mass is 220 g/mol. The van der Waals surface area contributed by atoms with E-state index in [1.165, 1.54) is 0 Å². The summed E-state index contributed by atoms with van der Waals surface area (Å²) in [5.74, 6) is 1.09. The van der Waals surface area contributed by atoms with Crippen molar-refractivity contribution in [3.63, 3.8) is 0 Å². The van der Waals surface area contributed by atoms with Crippen LogP contribution in [0.1, 0.15) is 24.0 Å². The van der Waals surface area contributed by atoms with Gasteiger partial charge in [0.05, 0.1) is 17.9 Å². The van der Waals surface area contributed by atoms with Crippen LogP contribution < -0.4 is 5.32 Å². The minimum atomic E-state index is 0.218. The molecule has 16 heavy (non-hydrogen) atoms. The highest BCUT2D eigenvalue weighted by atomic mass is 15.3. The van der Waals surface area contributed by atoms with Gasteiger partial charge in [-0.05, 0) is 13.5 Å². The van der Waals surface area contributed by atoms with Gasteiger partial charge in [0.15, 0.2) is 0 Å². The Morgan fingerprint density at radius 1 is 1.56 bits per heavy atom. The molecule has 6 nitrogen and oxygen atoms in total. The second kappa shape index (κ2) is 4.89. The topological polar surface area (TPSA) is 71.4 Å². The van der Waals surface area contributed by atoms with Gasteiger partial charge in [0.25, 0.3) is 0 Å². The van der Waals surface area contributed by atoms with Gasteiger partial charge in [-0.15, -0.1) is 0 Å². The van der Waals surface area contributed by atoms with Gasteiger partial charge in [0.2, 0.25) is 0 Å². The first-order valence-corrected chi connectivity index (χ1v) is 5.30. The van der Waals surface area contributed by atoms with Crippen LogP contribution in [0.4, 0.5) is 0 Å². The molecule has 2 aromatic heterocycles. The summed E-state index contributed by atoms with van der Waals surface area (Å²) in [5.41, 5.74) is 0.941. The minimum Gasteiger partial charge on any atom is -0.338 e. The summed E-state index contributed by atoms with van der Waals surface area (Å²) in [6, 6.07) is 0.218. The molecule has 0 spiro atoms. The number of rotatable bonds is 5. The van der Waals surface area contributed by atoms with E-state index in [-0.39, 0.29) is 6.04 Å². The molecule has 2 N–H and O–H groups in total. The smallest absolute Gasteiger partial charge is 0.108 e. The summed E-state index contributed by atoms with van der Waals surface area (Å²) in [7, 11) is 3.94. The Labute approximate surface area is 94.1 Å². The molecule has 1 unspecified atom stereocenters. The Hall–Kier alpha value is -1.69. The minimum absolute atomic E-state index is 0.218. The first-order chi connectivity index (χ1) is 7.81. The second-order valence-corrected chi connectivity index (χ2v) is 3.73. The second-order valence-electron chi connectivity index (χ2n) is 3.73. The molecule has 0 aliphatic rings. The van der Waals surface area contributed by atoms with Crippen LogP contribution in [0.3, 0.4) is 0 Å². The van der Waals surface area contributed by atoms with E-state index in [4.69, 9.17) is 0 Å². The fourth-order valence-corrected chi connectivity index (χ4v) is 1.73. The lowest BCUT2D eigenvalue weighted by molar-refractivity contribution is 0.523. The molecular weight excluding hydrogens is 204 g/mol. The zero-order chi connectivity index (χ0) is 11.4. The van der Waals surface area contributed by atoms with Gasteiger partial charge < -0.3 is 9.88 Å². The molecule has 0 bridgehead atoms. The molecule has 0 fully saturated rings. The van der Waals surface area contributed by atoms with E-state index in [1.54, 1.807) is 6.20 Å². The van der Waals surface area contributed by atoms with Gasteiger partial charge in [-0.2, -0.15) is 15.4 Å². The summed E-state index contributed by atoms with van der Waals surface area (Å²) in [6.45, 7) is 0. The third-order valence-corrected chi connectivity index (χ3v) is 2.72. The number of H-pyrrole nitrogens is 1. The fraction of sp³-hybridized carbons (Fsp3) is 0.500. The van der Waals surface area contributed by atoms with E-state index >= 15 is 0 Å². The van der Waals surface area contributed by atoms with Crippen LogP contribution in [-0.4, -0.2) is 32.0 Å². The summed E-state index contributed by atoms with van der Waals surface area (Å²) >= 11 is 0. The quantitative estimate of drug-likeness (QED) is 0.766. The summed E-state index contributed by atoms with van der Waals surface area (Å²) in [6.07, 6.45) is 7.40. The number of aromatic amines is 1. The third-order valence-electron chi connectivity index (χ3n) is 2.72. The summed E-state index contributed by atoms with van der Waals surface area (Å²) in [5, 5.41) is 13.8. The fourth-order valence-electron chi connectivity index (χ4n) is 1.73. The van der Waals surface area contributed by atoms with Crippen molar-refractivity contribution in [1.29, 1.82) is 0 Å². The Kier molecular flexibility index (Phi) is 3.31. The number of aryl methyl sites for hydroxylation is 2. The van der Waals surface area contributed by atoms with E-state index < -0.39 is 0 Å². The molecule has 0 aromatic carbocycles. The molecule has 0 aliphatic carbocycles.